The maximum atomic E-state index is 12.5. The number of hydrogen-bond donors (Lipinski definition) is 1. The highest BCUT2D eigenvalue weighted by Crippen LogP contribution is 2.15. The van der Waals surface area contributed by atoms with Crippen molar-refractivity contribution in [2.45, 2.75) is 31.7 Å². The Bertz CT molecular complexity index is 784. The van der Waals surface area contributed by atoms with E-state index < -0.39 is 0 Å². The van der Waals surface area contributed by atoms with E-state index in [1.807, 2.05) is 59.5 Å². The van der Waals surface area contributed by atoms with Gasteiger partial charge < -0.3 is 19.7 Å². The van der Waals surface area contributed by atoms with Crippen molar-refractivity contribution >= 4 is 11.8 Å². The summed E-state index contributed by atoms with van der Waals surface area (Å²) in [6.45, 7) is 1.69. The fraction of sp³-hybridized carbons (Fsp3) is 0.391. The summed E-state index contributed by atoms with van der Waals surface area (Å²) in [5.74, 6) is 1.66. The Morgan fingerprint density at radius 3 is 2.34 bits per heavy atom. The number of benzene rings is 2. The average molecular weight is 396 g/mol. The summed E-state index contributed by atoms with van der Waals surface area (Å²) in [5.41, 5.74) is 0.977. The van der Waals surface area contributed by atoms with E-state index >= 15 is 0 Å². The molecule has 1 heterocycles. The summed E-state index contributed by atoms with van der Waals surface area (Å²) in [4.78, 5) is 26.5. The first-order chi connectivity index (χ1) is 14.1. The number of hydrogen-bond acceptors (Lipinski definition) is 4. The molecule has 6 nitrogen and oxygen atoms in total. The van der Waals surface area contributed by atoms with Gasteiger partial charge in [-0.25, -0.2) is 0 Å². The van der Waals surface area contributed by atoms with Crippen molar-refractivity contribution in [3.63, 3.8) is 0 Å². The number of carbonyl (C=O) groups is 2. The standard InChI is InChI=1S/C23H28N2O4/c1-28-20-9-7-18(8-10-20)17-23(27)25-14-11-19(12-15-25)24-22(26)13-16-29-21-5-3-2-4-6-21/h2-10,19H,11-17H2,1H3,(H,24,26). The number of rotatable bonds is 8. The molecule has 0 atom stereocenters. The predicted octanol–water partition coefficient (Wildman–Crippen LogP) is 2.81. The molecule has 0 aromatic heterocycles. The summed E-state index contributed by atoms with van der Waals surface area (Å²) in [5, 5.41) is 3.06. The van der Waals surface area contributed by atoms with E-state index in [1.165, 1.54) is 0 Å². The quantitative estimate of drug-likeness (QED) is 0.745. The molecule has 2 amide bonds. The van der Waals surface area contributed by atoms with E-state index in [2.05, 4.69) is 5.32 Å². The molecular formula is C23H28N2O4. The van der Waals surface area contributed by atoms with Crippen LogP contribution in [0.15, 0.2) is 54.6 Å². The van der Waals surface area contributed by atoms with Gasteiger partial charge in [0.25, 0.3) is 0 Å². The van der Waals surface area contributed by atoms with Gasteiger partial charge in [0, 0.05) is 19.1 Å². The number of ether oxygens (including phenoxy) is 2. The lowest BCUT2D eigenvalue weighted by atomic mass is 10.0. The molecule has 0 aliphatic carbocycles. The third-order valence-electron chi connectivity index (χ3n) is 5.07. The molecule has 1 aliphatic heterocycles. The van der Waals surface area contributed by atoms with Crippen LogP contribution >= 0.6 is 0 Å². The fourth-order valence-electron chi connectivity index (χ4n) is 3.38. The van der Waals surface area contributed by atoms with E-state index in [4.69, 9.17) is 9.47 Å². The Morgan fingerprint density at radius 2 is 1.69 bits per heavy atom. The Hall–Kier alpha value is -3.02. The minimum absolute atomic E-state index is 0.0102. The second-order valence-electron chi connectivity index (χ2n) is 7.16. The zero-order valence-corrected chi connectivity index (χ0v) is 16.8. The molecule has 0 unspecified atom stereocenters. The van der Waals surface area contributed by atoms with Gasteiger partial charge in [-0.3, -0.25) is 9.59 Å². The number of likely N-dealkylation sites (tertiary alicyclic amines) is 1. The molecule has 0 saturated carbocycles. The van der Waals surface area contributed by atoms with Crippen LogP contribution in [0.1, 0.15) is 24.8 Å². The maximum absolute atomic E-state index is 12.5. The molecule has 1 fully saturated rings. The zero-order valence-electron chi connectivity index (χ0n) is 16.8. The van der Waals surface area contributed by atoms with Crippen molar-refractivity contribution < 1.29 is 19.1 Å². The monoisotopic (exact) mass is 396 g/mol. The van der Waals surface area contributed by atoms with Crippen LogP contribution in [0, 0.1) is 0 Å². The molecule has 3 rings (SSSR count). The lowest BCUT2D eigenvalue weighted by Gasteiger charge is -2.32. The van der Waals surface area contributed by atoms with Gasteiger partial charge in [0.2, 0.25) is 11.8 Å². The van der Waals surface area contributed by atoms with Gasteiger partial charge in [-0.1, -0.05) is 30.3 Å². The molecule has 154 valence electrons. The normalized spacial score (nSPS) is 14.3. The molecule has 1 aliphatic rings. The summed E-state index contributed by atoms with van der Waals surface area (Å²) in [6, 6.07) is 17.2. The van der Waals surface area contributed by atoms with Crippen LogP contribution < -0.4 is 14.8 Å². The Labute approximate surface area is 171 Å². The van der Waals surface area contributed by atoms with Crippen LogP contribution in [-0.2, 0) is 16.0 Å². The third-order valence-corrected chi connectivity index (χ3v) is 5.07. The van der Waals surface area contributed by atoms with Gasteiger partial charge in [0.15, 0.2) is 0 Å². The van der Waals surface area contributed by atoms with Gasteiger partial charge in [-0.15, -0.1) is 0 Å². The van der Waals surface area contributed by atoms with Crippen LogP contribution in [0.4, 0.5) is 0 Å². The molecule has 0 bridgehead atoms. The summed E-state index contributed by atoms with van der Waals surface area (Å²) >= 11 is 0. The summed E-state index contributed by atoms with van der Waals surface area (Å²) < 4.78 is 10.7. The van der Waals surface area contributed by atoms with Gasteiger partial charge in [-0.05, 0) is 42.7 Å². The number of amides is 2. The smallest absolute Gasteiger partial charge is 0.226 e. The molecular weight excluding hydrogens is 368 g/mol. The van der Waals surface area contributed by atoms with Crippen molar-refractivity contribution in [1.29, 1.82) is 0 Å². The number of para-hydroxylation sites is 1. The number of piperidine rings is 1. The third kappa shape index (κ3) is 6.52. The highest BCUT2D eigenvalue weighted by atomic mass is 16.5. The van der Waals surface area contributed by atoms with Crippen LogP contribution in [0.2, 0.25) is 0 Å². The second kappa shape index (κ2) is 10.5. The molecule has 2 aromatic carbocycles. The number of methoxy groups -OCH3 is 1. The number of carbonyl (C=O) groups excluding carboxylic acids is 2. The first-order valence-corrected chi connectivity index (χ1v) is 10.0. The Balaban J connectivity index is 1.34. The minimum atomic E-state index is -0.0102. The topological polar surface area (TPSA) is 67.9 Å². The molecule has 1 N–H and O–H groups in total. The maximum Gasteiger partial charge on any atom is 0.226 e. The number of nitrogens with one attached hydrogen (secondary N) is 1. The van der Waals surface area contributed by atoms with Crippen molar-refractivity contribution in [3.05, 3.63) is 60.2 Å². The van der Waals surface area contributed by atoms with Crippen molar-refractivity contribution in [3.8, 4) is 11.5 Å². The molecule has 29 heavy (non-hydrogen) atoms. The van der Waals surface area contributed by atoms with E-state index in [0.717, 1.165) is 29.9 Å². The van der Waals surface area contributed by atoms with Crippen molar-refractivity contribution in [2.75, 3.05) is 26.8 Å². The SMILES string of the molecule is COc1ccc(CC(=O)N2CCC(NC(=O)CCOc3ccccc3)CC2)cc1. The first kappa shape index (κ1) is 20.7. The lowest BCUT2D eigenvalue weighted by molar-refractivity contribution is -0.131. The molecule has 0 spiro atoms. The highest BCUT2D eigenvalue weighted by Gasteiger charge is 2.23. The number of nitrogens with zero attached hydrogens (tertiary/aromatic N) is 1. The molecule has 6 heteroatoms. The van der Waals surface area contributed by atoms with Gasteiger partial charge in [-0.2, -0.15) is 0 Å². The van der Waals surface area contributed by atoms with E-state index in [0.29, 0.717) is 32.5 Å². The largest absolute Gasteiger partial charge is 0.497 e. The van der Waals surface area contributed by atoms with E-state index in [1.54, 1.807) is 7.11 Å². The van der Waals surface area contributed by atoms with Crippen molar-refractivity contribution in [1.82, 2.24) is 10.2 Å². The first-order valence-electron chi connectivity index (χ1n) is 10.0. The van der Waals surface area contributed by atoms with E-state index in [9.17, 15) is 9.59 Å². The van der Waals surface area contributed by atoms with Crippen LogP contribution in [0.25, 0.3) is 0 Å². The van der Waals surface area contributed by atoms with Crippen LogP contribution in [-0.4, -0.2) is 49.6 Å². The van der Waals surface area contributed by atoms with Gasteiger partial charge in [0.05, 0.1) is 26.6 Å². The Kier molecular flexibility index (Phi) is 7.50. The van der Waals surface area contributed by atoms with Gasteiger partial charge >= 0.3 is 0 Å². The second-order valence-corrected chi connectivity index (χ2v) is 7.16. The lowest BCUT2D eigenvalue weighted by Crippen LogP contribution is -2.47. The van der Waals surface area contributed by atoms with Crippen LogP contribution in [0.5, 0.6) is 11.5 Å². The predicted molar refractivity (Wildman–Crippen MR) is 111 cm³/mol. The van der Waals surface area contributed by atoms with E-state index in [-0.39, 0.29) is 17.9 Å². The Morgan fingerprint density at radius 1 is 1.00 bits per heavy atom. The summed E-state index contributed by atoms with van der Waals surface area (Å²) in [6.07, 6.45) is 2.27. The molecule has 1 saturated heterocycles. The molecule has 2 aromatic rings. The van der Waals surface area contributed by atoms with Crippen LogP contribution in [0.3, 0.4) is 0 Å². The fourth-order valence-corrected chi connectivity index (χ4v) is 3.38. The zero-order chi connectivity index (χ0) is 20.5. The average Bonchev–Trinajstić information content (AvgIpc) is 2.75. The minimum Gasteiger partial charge on any atom is -0.497 e. The van der Waals surface area contributed by atoms with Gasteiger partial charge in [0.1, 0.15) is 11.5 Å². The highest BCUT2D eigenvalue weighted by molar-refractivity contribution is 5.79. The van der Waals surface area contributed by atoms with Crippen molar-refractivity contribution in [2.24, 2.45) is 0 Å². The molecule has 0 radical (unpaired) electrons. The summed E-state index contributed by atoms with van der Waals surface area (Å²) in [7, 11) is 1.62.